The number of aliphatic hydroxyl groups is 3. The maximum Gasteiger partial charge on any atom is 1.00 e. The van der Waals surface area contributed by atoms with E-state index in [0.717, 1.165) is 30.8 Å². The van der Waals surface area contributed by atoms with Crippen LogP contribution in [0.1, 0.15) is 42.9 Å². The van der Waals surface area contributed by atoms with Crippen molar-refractivity contribution in [2.24, 2.45) is 0 Å². The van der Waals surface area contributed by atoms with E-state index in [1.54, 1.807) is 11.8 Å². The molecule has 0 rings (SSSR count). The Hall–Kier alpha value is 5.29. The van der Waals surface area contributed by atoms with E-state index < -0.39 is 0 Å². The van der Waals surface area contributed by atoms with Gasteiger partial charge in [-0.3, -0.25) is 0 Å². The summed E-state index contributed by atoms with van der Waals surface area (Å²) >= 11 is 6.82. The molecule has 3 atom stereocenters. The van der Waals surface area contributed by atoms with Gasteiger partial charge in [0.2, 0.25) is 0 Å². The van der Waals surface area contributed by atoms with Crippen LogP contribution in [0.2, 0.25) is 0 Å². The molecule has 16 heteroatoms. The third-order valence-corrected chi connectivity index (χ3v) is 3.81. The van der Waals surface area contributed by atoms with Crippen molar-refractivity contribution in [2.75, 3.05) is 17.4 Å². The molecule has 0 aliphatic rings. The summed E-state index contributed by atoms with van der Waals surface area (Å²) in [5.74, 6) is 1.84. The molecular formula is C12H39Cl3Na4O7S2. The molecular weight excluding hydrogens is 519 g/mol. The molecule has 166 valence electrons. The number of hydrogen-bond acceptors (Lipinski definition) is 5. The van der Waals surface area contributed by atoms with E-state index >= 15 is 0 Å². The average Bonchev–Trinajstić information content (AvgIpc) is 2.37. The molecule has 0 aromatic rings. The minimum atomic E-state index is -0.299. The van der Waals surface area contributed by atoms with Gasteiger partial charge < -0.3 is 52.5 Å². The van der Waals surface area contributed by atoms with Crippen molar-refractivity contribution in [3.63, 3.8) is 0 Å². The maximum atomic E-state index is 9.14. The predicted molar refractivity (Wildman–Crippen MR) is 110 cm³/mol. The van der Waals surface area contributed by atoms with E-state index in [2.05, 4.69) is 0 Å². The Labute approximate surface area is 291 Å². The van der Waals surface area contributed by atoms with E-state index in [9.17, 15) is 0 Å². The molecule has 0 bridgehead atoms. The summed E-state index contributed by atoms with van der Waals surface area (Å²) in [4.78, 5) is 0. The Morgan fingerprint density at radius 2 is 0.964 bits per heavy atom. The Morgan fingerprint density at radius 3 is 1.07 bits per heavy atom. The average molecular weight is 558 g/mol. The molecule has 3 unspecified atom stereocenters. The molecule has 0 aliphatic heterocycles. The van der Waals surface area contributed by atoms with E-state index in [1.807, 2.05) is 20.8 Å². The zero-order valence-corrected chi connectivity index (χ0v) is 30.5. The molecule has 0 spiro atoms. The van der Waals surface area contributed by atoms with Crippen LogP contribution >= 0.6 is 49.3 Å². The van der Waals surface area contributed by atoms with Crippen LogP contribution in [-0.4, -0.2) is 72.9 Å². The quantitative estimate of drug-likeness (QED) is 0.197. The van der Waals surface area contributed by atoms with Crippen molar-refractivity contribution in [3.05, 3.63) is 0 Å². The molecule has 0 aromatic heterocycles. The number of halogens is 3. The minimum Gasteiger partial charge on any atom is -1.00 e. The first-order valence-corrected chi connectivity index (χ1v) is 7.88. The monoisotopic (exact) mass is 556 g/mol. The number of rotatable bonds is 8. The van der Waals surface area contributed by atoms with Crippen molar-refractivity contribution in [1.82, 2.24) is 0 Å². The minimum absolute atomic E-state index is 0. The SMILES string of the molecule is CCC(O)CCl.CCC(O)CSCC(O)CC.Cl.O.O.O.S.[Cl-].[H-].[H-].[Na+].[Na+].[Na+].[Na+].[OH-]. The zero-order chi connectivity index (χ0) is 13.7. The van der Waals surface area contributed by atoms with Gasteiger partial charge >= 0.3 is 118 Å². The van der Waals surface area contributed by atoms with Gasteiger partial charge in [0.15, 0.2) is 0 Å². The van der Waals surface area contributed by atoms with Crippen LogP contribution in [0, 0.1) is 0 Å². The van der Waals surface area contributed by atoms with Gasteiger partial charge in [-0.1, -0.05) is 20.8 Å². The van der Waals surface area contributed by atoms with Crippen LogP contribution in [-0.2, 0) is 0 Å². The van der Waals surface area contributed by atoms with Crippen LogP contribution in [0.3, 0.4) is 0 Å². The molecule has 0 amide bonds. The van der Waals surface area contributed by atoms with E-state index in [1.165, 1.54) is 0 Å². The second kappa shape index (κ2) is 69.7. The van der Waals surface area contributed by atoms with Crippen molar-refractivity contribution in [3.8, 4) is 0 Å². The third-order valence-electron chi connectivity index (χ3n) is 2.21. The Kier molecular flexibility index (Phi) is 210. The van der Waals surface area contributed by atoms with Crippen molar-refractivity contribution in [2.45, 2.75) is 58.3 Å². The summed E-state index contributed by atoms with van der Waals surface area (Å²) in [5.41, 5.74) is 0. The topological polar surface area (TPSA) is 185 Å². The van der Waals surface area contributed by atoms with Crippen molar-refractivity contribution in [1.29, 1.82) is 0 Å². The van der Waals surface area contributed by atoms with Crippen molar-refractivity contribution < 1.29 is 171 Å². The molecule has 0 saturated carbocycles. The van der Waals surface area contributed by atoms with Crippen LogP contribution in [0.4, 0.5) is 0 Å². The second-order valence-corrected chi connectivity index (χ2v) is 5.26. The first-order valence-electron chi connectivity index (χ1n) is 6.19. The van der Waals surface area contributed by atoms with Gasteiger partial charge in [0, 0.05) is 17.4 Å². The summed E-state index contributed by atoms with van der Waals surface area (Å²) in [6.45, 7) is 5.82. The van der Waals surface area contributed by atoms with Gasteiger partial charge in [-0.2, -0.15) is 25.3 Å². The maximum absolute atomic E-state index is 9.14. The number of hydrogen-bond donors (Lipinski definition) is 3. The van der Waals surface area contributed by atoms with Gasteiger partial charge in [0.25, 0.3) is 0 Å². The molecule has 0 radical (unpaired) electrons. The summed E-state index contributed by atoms with van der Waals surface area (Å²) in [6.07, 6.45) is 1.65. The van der Waals surface area contributed by atoms with Gasteiger partial charge in [-0.25, -0.2) is 0 Å². The number of alkyl halides is 1. The molecule has 0 aliphatic carbocycles. The first-order chi connectivity index (χ1) is 8.01. The largest absolute Gasteiger partial charge is 1.00 e. The smallest absolute Gasteiger partial charge is 1.00 e. The van der Waals surface area contributed by atoms with E-state index in [-0.39, 0.29) is 200 Å². The Morgan fingerprint density at radius 1 is 0.750 bits per heavy atom. The van der Waals surface area contributed by atoms with Crippen molar-refractivity contribution >= 4 is 49.3 Å². The predicted octanol–water partition coefficient (Wildman–Crippen LogP) is -14.6. The van der Waals surface area contributed by atoms with Crippen LogP contribution in [0.25, 0.3) is 0 Å². The normalized spacial score (nSPS) is 9.54. The Balaban J connectivity index is -0.00000000848. The fraction of sp³-hybridized carbons (Fsp3) is 1.00. The standard InChI is InChI=1S/C8H18O2S.C4H9ClO.2ClH.4Na.4H2O.H2S.2H/c1-3-7(9)5-11-6-8(10)4-2;1-2-4(6)3-5;;;;;;;;;;;;;/h7-10H,3-6H2,1-2H3;4,6H,2-3H2,1H3;2*1H;;;;;5*1H2;;/q;;;;4*+1;;;;;;2*-1/p-2. The van der Waals surface area contributed by atoms with E-state index in [4.69, 9.17) is 26.9 Å². The Bertz CT molecular complexity index is 182. The third kappa shape index (κ3) is 77.2. The summed E-state index contributed by atoms with van der Waals surface area (Å²) in [7, 11) is 0. The van der Waals surface area contributed by atoms with Crippen LogP contribution < -0.4 is 131 Å². The molecule has 0 aromatic carbocycles. The van der Waals surface area contributed by atoms with Crippen LogP contribution in [0.15, 0.2) is 0 Å². The van der Waals surface area contributed by atoms with Gasteiger partial charge in [0.05, 0.1) is 18.3 Å². The van der Waals surface area contributed by atoms with E-state index in [0.29, 0.717) is 5.88 Å². The summed E-state index contributed by atoms with van der Waals surface area (Å²) in [5, 5.41) is 26.8. The summed E-state index contributed by atoms with van der Waals surface area (Å²) < 4.78 is 0. The van der Waals surface area contributed by atoms with Gasteiger partial charge in [-0.05, 0) is 19.3 Å². The number of thioether (sulfide) groups is 1. The molecule has 0 heterocycles. The van der Waals surface area contributed by atoms with Gasteiger partial charge in [-0.15, -0.1) is 24.0 Å². The van der Waals surface area contributed by atoms with Crippen LogP contribution in [0.5, 0.6) is 0 Å². The fourth-order valence-electron chi connectivity index (χ4n) is 0.685. The first kappa shape index (κ1) is 84.3. The fourth-order valence-corrected chi connectivity index (χ4v) is 2.05. The molecule has 0 saturated heterocycles. The zero-order valence-electron chi connectivity index (χ0n) is 20.3. The molecule has 7 nitrogen and oxygen atoms in total. The molecule has 10 N–H and O–H groups in total. The second-order valence-electron chi connectivity index (χ2n) is 3.88. The molecule has 0 fully saturated rings. The molecule has 28 heavy (non-hydrogen) atoms. The van der Waals surface area contributed by atoms with Gasteiger partial charge in [0.1, 0.15) is 0 Å². The number of aliphatic hydroxyl groups excluding tert-OH is 3. The summed E-state index contributed by atoms with van der Waals surface area (Å²) in [6, 6.07) is 0.